The fourth-order valence-electron chi connectivity index (χ4n) is 4.33. The zero-order valence-corrected chi connectivity index (χ0v) is 17.9. The summed E-state index contributed by atoms with van der Waals surface area (Å²) in [6.45, 7) is 14.2. The SMILES string of the molecule is CC(C)(C)CC(c1cccc(COC(=O)C2CCC3OC3C2)c1)C(C)(C)C. The van der Waals surface area contributed by atoms with Crippen molar-refractivity contribution >= 4 is 5.97 Å². The van der Waals surface area contributed by atoms with Crippen LogP contribution in [0.5, 0.6) is 0 Å². The molecule has 27 heavy (non-hydrogen) atoms. The fraction of sp³-hybridized carbons (Fsp3) is 0.708. The van der Waals surface area contributed by atoms with Gasteiger partial charge in [0.25, 0.3) is 0 Å². The average molecular weight is 373 g/mol. The first-order chi connectivity index (χ1) is 12.5. The number of epoxide rings is 1. The molecule has 1 aliphatic carbocycles. The van der Waals surface area contributed by atoms with E-state index in [1.165, 1.54) is 5.56 Å². The molecule has 3 rings (SSSR count). The molecule has 0 bridgehead atoms. The highest BCUT2D eigenvalue weighted by Gasteiger charge is 2.46. The van der Waals surface area contributed by atoms with Gasteiger partial charge in [0.1, 0.15) is 6.61 Å². The average Bonchev–Trinajstić information content (AvgIpc) is 3.34. The molecule has 1 heterocycles. The molecule has 1 saturated carbocycles. The van der Waals surface area contributed by atoms with E-state index < -0.39 is 0 Å². The van der Waals surface area contributed by atoms with Crippen LogP contribution in [0.25, 0.3) is 0 Å². The summed E-state index contributed by atoms with van der Waals surface area (Å²) < 4.78 is 11.2. The minimum Gasteiger partial charge on any atom is -0.461 e. The van der Waals surface area contributed by atoms with Gasteiger partial charge < -0.3 is 9.47 Å². The largest absolute Gasteiger partial charge is 0.461 e. The number of hydrogen-bond donors (Lipinski definition) is 0. The van der Waals surface area contributed by atoms with Crippen molar-refractivity contribution in [1.29, 1.82) is 0 Å². The number of ether oxygens (including phenoxy) is 2. The zero-order chi connectivity index (χ0) is 19.8. The van der Waals surface area contributed by atoms with Crippen LogP contribution in [0.1, 0.15) is 84.3 Å². The second-order valence-electron chi connectivity index (χ2n) is 10.8. The summed E-state index contributed by atoms with van der Waals surface area (Å²) in [5.41, 5.74) is 2.88. The van der Waals surface area contributed by atoms with Gasteiger partial charge >= 0.3 is 5.97 Å². The van der Waals surface area contributed by atoms with E-state index in [1.54, 1.807) is 0 Å². The van der Waals surface area contributed by atoms with Crippen molar-refractivity contribution in [3.63, 3.8) is 0 Å². The predicted octanol–water partition coefficient (Wildman–Crippen LogP) is 5.86. The Balaban J connectivity index is 1.64. The second kappa shape index (κ2) is 7.58. The van der Waals surface area contributed by atoms with E-state index in [2.05, 4.69) is 65.8 Å². The van der Waals surface area contributed by atoms with Crippen LogP contribution < -0.4 is 0 Å². The third-order valence-electron chi connectivity index (χ3n) is 5.93. The van der Waals surface area contributed by atoms with Crippen molar-refractivity contribution < 1.29 is 14.3 Å². The third-order valence-corrected chi connectivity index (χ3v) is 5.93. The quantitative estimate of drug-likeness (QED) is 0.480. The van der Waals surface area contributed by atoms with Crippen molar-refractivity contribution in [2.45, 2.75) is 92.0 Å². The Morgan fingerprint density at radius 3 is 2.52 bits per heavy atom. The molecule has 0 radical (unpaired) electrons. The summed E-state index contributed by atoms with van der Waals surface area (Å²) in [6.07, 6.45) is 4.59. The van der Waals surface area contributed by atoms with E-state index in [-0.39, 0.29) is 22.7 Å². The van der Waals surface area contributed by atoms with Crippen LogP contribution in [-0.4, -0.2) is 18.2 Å². The van der Waals surface area contributed by atoms with Crippen LogP contribution in [0.3, 0.4) is 0 Å². The molecule has 2 fully saturated rings. The van der Waals surface area contributed by atoms with Gasteiger partial charge in [0, 0.05) is 0 Å². The summed E-state index contributed by atoms with van der Waals surface area (Å²) in [7, 11) is 0. The number of esters is 1. The Morgan fingerprint density at radius 1 is 1.15 bits per heavy atom. The van der Waals surface area contributed by atoms with E-state index in [0.717, 1.165) is 31.2 Å². The van der Waals surface area contributed by atoms with Gasteiger partial charge in [0.15, 0.2) is 0 Å². The lowest BCUT2D eigenvalue weighted by molar-refractivity contribution is -0.150. The Hall–Kier alpha value is -1.35. The maximum Gasteiger partial charge on any atom is 0.309 e. The van der Waals surface area contributed by atoms with Gasteiger partial charge in [0.2, 0.25) is 0 Å². The van der Waals surface area contributed by atoms with Gasteiger partial charge in [-0.25, -0.2) is 0 Å². The molecular formula is C24H36O3. The smallest absolute Gasteiger partial charge is 0.309 e. The van der Waals surface area contributed by atoms with Crippen molar-refractivity contribution in [3.05, 3.63) is 35.4 Å². The predicted molar refractivity (Wildman–Crippen MR) is 109 cm³/mol. The van der Waals surface area contributed by atoms with Crippen LogP contribution in [0.4, 0.5) is 0 Å². The summed E-state index contributed by atoms with van der Waals surface area (Å²) in [4.78, 5) is 12.4. The molecule has 3 nitrogen and oxygen atoms in total. The van der Waals surface area contributed by atoms with Crippen LogP contribution in [0, 0.1) is 16.7 Å². The maximum atomic E-state index is 12.4. The van der Waals surface area contributed by atoms with E-state index in [4.69, 9.17) is 9.47 Å². The Labute approximate surface area is 164 Å². The van der Waals surface area contributed by atoms with Gasteiger partial charge in [-0.15, -0.1) is 0 Å². The number of carbonyl (C=O) groups excluding carboxylic acids is 1. The van der Waals surface area contributed by atoms with Crippen LogP contribution in [-0.2, 0) is 20.9 Å². The summed E-state index contributed by atoms with van der Waals surface area (Å²) in [5.74, 6) is 0.423. The normalized spacial score (nSPS) is 26.2. The molecular weight excluding hydrogens is 336 g/mol. The molecule has 0 N–H and O–H groups in total. The van der Waals surface area contributed by atoms with Crippen LogP contribution >= 0.6 is 0 Å². The van der Waals surface area contributed by atoms with Crippen molar-refractivity contribution in [1.82, 2.24) is 0 Å². The molecule has 150 valence electrons. The summed E-state index contributed by atoms with van der Waals surface area (Å²) in [6, 6.07) is 8.62. The highest BCUT2D eigenvalue weighted by molar-refractivity contribution is 5.72. The Bertz CT molecular complexity index is 665. The molecule has 0 aromatic heterocycles. The fourth-order valence-corrected chi connectivity index (χ4v) is 4.33. The van der Waals surface area contributed by atoms with Crippen LogP contribution in [0.15, 0.2) is 24.3 Å². The van der Waals surface area contributed by atoms with Crippen molar-refractivity contribution in [3.8, 4) is 0 Å². The molecule has 1 aliphatic heterocycles. The lowest BCUT2D eigenvalue weighted by Crippen LogP contribution is -2.24. The zero-order valence-electron chi connectivity index (χ0n) is 17.9. The molecule has 0 amide bonds. The Morgan fingerprint density at radius 2 is 1.89 bits per heavy atom. The van der Waals surface area contributed by atoms with Crippen LogP contribution in [0.2, 0.25) is 0 Å². The molecule has 2 aliphatic rings. The molecule has 4 unspecified atom stereocenters. The summed E-state index contributed by atoms with van der Waals surface area (Å²) >= 11 is 0. The lowest BCUT2D eigenvalue weighted by atomic mass is 9.69. The van der Waals surface area contributed by atoms with Crippen molar-refractivity contribution in [2.75, 3.05) is 0 Å². The number of rotatable bonds is 5. The van der Waals surface area contributed by atoms with E-state index in [9.17, 15) is 4.79 Å². The van der Waals surface area contributed by atoms with Gasteiger partial charge in [0.05, 0.1) is 18.1 Å². The minimum atomic E-state index is -0.0589. The molecule has 4 atom stereocenters. The van der Waals surface area contributed by atoms with Gasteiger partial charge in [-0.05, 0) is 53.6 Å². The van der Waals surface area contributed by atoms with E-state index in [0.29, 0.717) is 24.7 Å². The second-order valence-corrected chi connectivity index (χ2v) is 10.8. The minimum absolute atomic E-state index is 0.0140. The number of carbonyl (C=O) groups is 1. The first kappa shape index (κ1) is 20.4. The Kier molecular flexibility index (Phi) is 5.72. The number of benzene rings is 1. The molecule has 1 aromatic rings. The maximum absolute atomic E-state index is 12.4. The van der Waals surface area contributed by atoms with E-state index >= 15 is 0 Å². The van der Waals surface area contributed by atoms with E-state index in [1.807, 2.05) is 0 Å². The molecule has 1 aromatic carbocycles. The van der Waals surface area contributed by atoms with Gasteiger partial charge in [-0.1, -0.05) is 65.8 Å². The monoisotopic (exact) mass is 372 g/mol. The first-order valence-corrected chi connectivity index (χ1v) is 10.4. The number of fused-ring (bicyclic) bond motifs is 1. The molecule has 1 saturated heterocycles. The summed E-state index contributed by atoms with van der Waals surface area (Å²) in [5, 5.41) is 0. The highest BCUT2D eigenvalue weighted by Crippen LogP contribution is 2.43. The van der Waals surface area contributed by atoms with Gasteiger partial charge in [-0.2, -0.15) is 0 Å². The van der Waals surface area contributed by atoms with Gasteiger partial charge in [-0.3, -0.25) is 4.79 Å². The standard InChI is InChI=1S/C24H36O3/c1-23(2,3)14-19(24(4,5)6)17-9-7-8-16(12-17)15-26-22(25)18-10-11-20-21(13-18)27-20/h7-9,12,18-21H,10-11,13-15H2,1-6H3. The topological polar surface area (TPSA) is 38.8 Å². The molecule has 0 spiro atoms. The van der Waals surface area contributed by atoms with Crippen molar-refractivity contribution in [2.24, 2.45) is 16.7 Å². The lowest BCUT2D eigenvalue weighted by Gasteiger charge is -2.36. The first-order valence-electron chi connectivity index (χ1n) is 10.4. The highest BCUT2D eigenvalue weighted by atomic mass is 16.6. The third kappa shape index (κ3) is 5.57. The molecule has 3 heteroatoms. The number of hydrogen-bond acceptors (Lipinski definition) is 3.